The van der Waals surface area contributed by atoms with Crippen LogP contribution < -0.4 is 4.74 Å². The molecule has 0 unspecified atom stereocenters. The fourth-order valence-corrected chi connectivity index (χ4v) is 2.92. The van der Waals surface area contributed by atoms with Crippen LogP contribution in [0.4, 0.5) is 4.39 Å². The van der Waals surface area contributed by atoms with E-state index in [0.29, 0.717) is 18.1 Å². The molecule has 0 aliphatic carbocycles. The molecule has 0 saturated carbocycles. The zero-order valence-electron chi connectivity index (χ0n) is 12.3. The molecular formula is C15H15FN4OS. The van der Waals surface area contributed by atoms with Gasteiger partial charge >= 0.3 is 0 Å². The van der Waals surface area contributed by atoms with Gasteiger partial charge in [-0.3, -0.25) is 4.40 Å². The molecule has 7 heteroatoms. The van der Waals surface area contributed by atoms with Gasteiger partial charge in [-0.05, 0) is 38.1 Å². The van der Waals surface area contributed by atoms with E-state index in [1.807, 2.05) is 24.3 Å². The summed E-state index contributed by atoms with van der Waals surface area (Å²) in [6.45, 7) is 4.37. The third-order valence-electron chi connectivity index (χ3n) is 3.06. The smallest absolute Gasteiger partial charge is 0.197 e. The summed E-state index contributed by atoms with van der Waals surface area (Å²) in [7, 11) is 0. The molecule has 0 fully saturated rings. The first-order chi connectivity index (χ1) is 10.6. The lowest BCUT2D eigenvalue weighted by molar-refractivity contribution is 0.343. The highest BCUT2D eigenvalue weighted by atomic mass is 32.2. The van der Waals surface area contributed by atoms with Crippen molar-refractivity contribution in [1.82, 2.24) is 19.6 Å². The molecule has 0 saturated heterocycles. The van der Waals surface area contributed by atoms with E-state index in [1.54, 1.807) is 23.9 Å². The van der Waals surface area contributed by atoms with Crippen LogP contribution in [0.2, 0.25) is 0 Å². The molecule has 1 aromatic carbocycles. The Labute approximate surface area is 131 Å². The molecule has 0 atom stereocenters. The summed E-state index contributed by atoms with van der Waals surface area (Å²) in [6, 6.07) is 7.89. The van der Waals surface area contributed by atoms with Gasteiger partial charge in [0.1, 0.15) is 17.4 Å². The molecule has 3 rings (SSSR count). The first-order valence-corrected chi connectivity index (χ1v) is 7.82. The number of halogens is 1. The third kappa shape index (κ3) is 3.19. The molecule has 0 radical (unpaired) electrons. The Balaban J connectivity index is 1.61. The van der Waals surface area contributed by atoms with Gasteiger partial charge < -0.3 is 4.74 Å². The Morgan fingerprint density at radius 3 is 2.73 bits per heavy atom. The van der Waals surface area contributed by atoms with E-state index in [9.17, 15) is 4.39 Å². The number of hydrogen-bond acceptors (Lipinski definition) is 5. The number of aromatic nitrogens is 4. The van der Waals surface area contributed by atoms with E-state index in [4.69, 9.17) is 4.74 Å². The second-order valence-electron chi connectivity index (χ2n) is 4.77. The Kier molecular flexibility index (Phi) is 4.24. The van der Waals surface area contributed by atoms with Gasteiger partial charge in [0, 0.05) is 17.5 Å². The summed E-state index contributed by atoms with van der Waals surface area (Å²) < 4.78 is 20.3. The minimum Gasteiger partial charge on any atom is -0.493 e. The lowest BCUT2D eigenvalue weighted by Gasteiger charge is -2.06. The Morgan fingerprint density at radius 2 is 1.95 bits per heavy atom. The molecule has 0 N–H and O–H groups in total. The van der Waals surface area contributed by atoms with Crippen LogP contribution in [0.25, 0.3) is 5.65 Å². The molecule has 5 nitrogen and oxygen atoms in total. The Bertz CT molecular complexity index is 788. The highest BCUT2D eigenvalue weighted by Gasteiger charge is 2.09. The second-order valence-corrected chi connectivity index (χ2v) is 5.83. The Hall–Kier alpha value is -2.15. The average molecular weight is 318 g/mol. The number of benzene rings is 1. The van der Waals surface area contributed by atoms with E-state index < -0.39 is 0 Å². The van der Waals surface area contributed by atoms with Gasteiger partial charge in [-0.15, -0.1) is 10.2 Å². The van der Waals surface area contributed by atoms with Crippen LogP contribution in [-0.2, 0) is 0 Å². The number of hydrogen-bond donors (Lipinski definition) is 0. The first-order valence-electron chi connectivity index (χ1n) is 6.84. The summed E-state index contributed by atoms with van der Waals surface area (Å²) >= 11 is 1.55. The van der Waals surface area contributed by atoms with Crippen molar-refractivity contribution in [3.05, 3.63) is 47.7 Å². The number of aryl methyl sites for hydroxylation is 2. The molecule has 0 bridgehead atoms. The quantitative estimate of drug-likeness (QED) is 0.534. The van der Waals surface area contributed by atoms with Gasteiger partial charge in [0.15, 0.2) is 10.8 Å². The summed E-state index contributed by atoms with van der Waals surface area (Å²) in [5.74, 6) is 1.96. The zero-order chi connectivity index (χ0) is 15.5. The van der Waals surface area contributed by atoms with Crippen molar-refractivity contribution < 1.29 is 9.13 Å². The number of fused-ring (bicyclic) bond motifs is 1. The molecule has 3 aromatic rings. The van der Waals surface area contributed by atoms with Gasteiger partial charge in [-0.2, -0.15) is 0 Å². The molecule has 0 aliphatic rings. The lowest BCUT2D eigenvalue weighted by atomic mass is 10.3. The monoisotopic (exact) mass is 318 g/mol. The van der Waals surface area contributed by atoms with Crippen LogP contribution in [0, 0.1) is 19.7 Å². The zero-order valence-corrected chi connectivity index (χ0v) is 13.1. The van der Waals surface area contributed by atoms with Gasteiger partial charge in [0.05, 0.1) is 6.61 Å². The molecule has 0 aliphatic heterocycles. The second kappa shape index (κ2) is 6.31. The van der Waals surface area contributed by atoms with Crippen molar-refractivity contribution in [2.24, 2.45) is 0 Å². The van der Waals surface area contributed by atoms with Crippen LogP contribution in [0.5, 0.6) is 5.75 Å². The minimum atomic E-state index is -0.269. The van der Waals surface area contributed by atoms with Gasteiger partial charge in [-0.1, -0.05) is 11.8 Å². The van der Waals surface area contributed by atoms with Crippen LogP contribution in [-0.4, -0.2) is 31.9 Å². The highest BCUT2D eigenvalue weighted by molar-refractivity contribution is 7.99. The van der Waals surface area contributed by atoms with E-state index in [1.165, 1.54) is 12.1 Å². The summed E-state index contributed by atoms with van der Waals surface area (Å²) in [4.78, 5) is 4.42. The Morgan fingerprint density at radius 1 is 1.18 bits per heavy atom. The molecular weight excluding hydrogens is 303 g/mol. The molecule has 22 heavy (non-hydrogen) atoms. The SMILES string of the molecule is Cc1cc2nnc(SCCOc3ccc(F)cc3)n2c(C)n1. The van der Waals surface area contributed by atoms with Crippen molar-refractivity contribution in [2.75, 3.05) is 12.4 Å². The summed E-state index contributed by atoms with van der Waals surface area (Å²) in [6.07, 6.45) is 0. The van der Waals surface area contributed by atoms with Crippen molar-refractivity contribution in [2.45, 2.75) is 19.0 Å². The van der Waals surface area contributed by atoms with Crippen LogP contribution >= 0.6 is 11.8 Å². The van der Waals surface area contributed by atoms with Gasteiger partial charge in [-0.25, -0.2) is 9.37 Å². The molecule has 114 valence electrons. The minimum absolute atomic E-state index is 0.269. The van der Waals surface area contributed by atoms with Crippen molar-refractivity contribution in [1.29, 1.82) is 0 Å². The van der Waals surface area contributed by atoms with Crippen molar-refractivity contribution >= 4 is 17.4 Å². The van der Waals surface area contributed by atoms with Crippen LogP contribution in [0.1, 0.15) is 11.5 Å². The predicted molar refractivity (Wildman–Crippen MR) is 82.9 cm³/mol. The topological polar surface area (TPSA) is 52.3 Å². The number of rotatable bonds is 5. The van der Waals surface area contributed by atoms with E-state index in [2.05, 4.69) is 15.2 Å². The van der Waals surface area contributed by atoms with Crippen LogP contribution in [0.15, 0.2) is 35.5 Å². The van der Waals surface area contributed by atoms with Crippen molar-refractivity contribution in [3.63, 3.8) is 0 Å². The van der Waals surface area contributed by atoms with Gasteiger partial charge in [0.2, 0.25) is 0 Å². The number of thioether (sulfide) groups is 1. The largest absolute Gasteiger partial charge is 0.493 e. The van der Waals surface area contributed by atoms with E-state index >= 15 is 0 Å². The number of ether oxygens (including phenoxy) is 1. The molecule has 0 amide bonds. The first kappa shape index (κ1) is 14.8. The summed E-state index contributed by atoms with van der Waals surface area (Å²) in [5, 5.41) is 9.13. The highest BCUT2D eigenvalue weighted by Crippen LogP contribution is 2.19. The van der Waals surface area contributed by atoms with Crippen molar-refractivity contribution in [3.8, 4) is 5.75 Å². The standard InChI is InChI=1S/C15H15FN4OS/c1-10-9-14-18-19-15(20(14)11(2)17-10)22-8-7-21-13-5-3-12(16)4-6-13/h3-6,9H,7-8H2,1-2H3. The maximum absolute atomic E-state index is 12.8. The van der Waals surface area contributed by atoms with E-state index in [0.717, 1.165) is 22.3 Å². The molecule has 2 heterocycles. The predicted octanol–water partition coefficient (Wildman–Crippen LogP) is 3.05. The maximum Gasteiger partial charge on any atom is 0.197 e. The maximum atomic E-state index is 12.8. The lowest BCUT2D eigenvalue weighted by Crippen LogP contribution is -2.02. The summed E-state index contributed by atoms with van der Waals surface area (Å²) in [5.41, 5.74) is 1.72. The molecule has 2 aromatic heterocycles. The number of nitrogens with zero attached hydrogens (tertiary/aromatic N) is 4. The fraction of sp³-hybridized carbons (Fsp3) is 0.267. The average Bonchev–Trinajstić information content (AvgIpc) is 2.88. The van der Waals surface area contributed by atoms with Gasteiger partial charge in [0.25, 0.3) is 0 Å². The van der Waals surface area contributed by atoms with Crippen LogP contribution in [0.3, 0.4) is 0 Å². The third-order valence-corrected chi connectivity index (χ3v) is 3.95. The normalized spacial score (nSPS) is 11.0. The fourth-order valence-electron chi connectivity index (χ4n) is 2.12. The molecule has 0 spiro atoms. The van der Waals surface area contributed by atoms with E-state index in [-0.39, 0.29) is 5.82 Å².